The van der Waals surface area contributed by atoms with Gasteiger partial charge in [-0.05, 0) is 29.8 Å². The van der Waals surface area contributed by atoms with Gasteiger partial charge in [-0.15, -0.1) is 0 Å². The van der Waals surface area contributed by atoms with E-state index in [2.05, 4.69) is 10.3 Å². The van der Waals surface area contributed by atoms with Gasteiger partial charge in [0.05, 0.1) is 26.5 Å². The number of imide groups is 1. The van der Waals surface area contributed by atoms with Crippen LogP contribution in [0.2, 0.25) is 5.02 Å². The standard InChI is InChI=1S/C19H17ClN4O4/c1-27-14-8-7-13(9-15(14)28-2)24-18(25)16-17(19(24)26)23(22-21-16)10-11-3-5-12(20)6-4-11/h3-9,16-17H,10H2,1-2H3. The minimum atomic E-state index is -0.854. The molecule has 0 bridgehead atoms. The van der Waals surface area contributed by atoms with E-state index in [1.165, 1.54) is 19.2 Å². The van der Waals surface area contributed by atoms with Crippen molar-refractivity contribution in [1.82, 2.24) is 5.01 Å². The zero-order chi connectivity index (χ0) is 19.8. The molecule has 1 saturated heterocycles. The van der Waals surface area contributed by atoms with Gasteiger partial charge in [-0.3, -0.25) is 14.6 Å². The van der Waals surface area contributed by atoms with Crippen LogP contribution in [0.4, 0.5) is 5.69 Å². The molecule has 144 valence electrons. The lowest BCUT2D eigenvalue weighted by molar-refractivity contribution is -0.123. The molecular weight excluding hydrogens is 384 g/mol. The van der Waals surface area contributed by atoms with Crippen LogP contribution in [0.5, 0.6) is 11.5 Å². The molecule has 2 heterocycles. The van der Waals surface area contributed by atoms with Crippen molar-refractivity contribution in [1.29, 1.82) is 0 Å². The molecule has 28 heavy (non-hydrogen) atoms. The Labute approximate surface area is 166 Å². The Morgan fingerprint density at radius 1 is 1.00 bits per heavy atom. The molecule has 2 aliphatic rings. The Morgan fingerprint density at radius 3 is 2.39 bits per heavy atom. The highest BCUT2D eigenvalue weighted by atomic mass is 35.5. The molecule has 0 aromatic heterocycles. The number of rotatable bonds is 5. The van der Waals surface area contributed by atoms with E-state index in [1.54, 1.807) is 30.3 Å². The lowest BCUT2D eigenvalue weighted by Crippen LogP contribution is -2.39. The fourth-order valence-electron chi connectivity index (χ4n) is 3.35. The third kappa shape index (κ3) is 2.95. The zero-order valence-electron chi connectivity index (χ0n) is 15.2. The van der Waals surface area contributed by atoms with Gasteiger partial charge in [0.25, 0.3) is 11.8 Å². The van der Waals surface area contributed by atoms with Crippen LogP contribution in [-0.4, -0.2) is 43.1 Å². The highest BCUT2D eigenvalue weighted by molar-refractivity contribution is 6.30. The molecule has 4 rings (SSSR count). The van der Waals surface area contributed by atoms with Gasteiger partial charge < -0.3 is 9.47 Å². The highest BCUT2D eigenvalue weighted by Crippen LogP contribution is 2.37. The van der Waals surface area contributed by atoms with Gasteiger partial charge in [-0.1, -0.05) is 29.0 Å². The Morgan fingerprint density at radius 2 is 1.71 bits per heavy atom. The van der Waals surface area contributed by atoms with Gasteiger partial charge >= 0.3 is 0 Å². The van der Waals surface area contributed by atoms with Gasteiger partial charge in [0.15, 0.2) is 23.6 Å². The number of methoxy groups -OCH3 is 2. The molecule has 0 radical (unpaired) electrons. The SMILES string of the molecule is COc1ccc(N2C(=O)C3N=NN(Cc4ccc(Cl)cc4)C3C2=O)cc1OC. The molecule has 0 saturated carbocycles. The lowest BCUT2D eigenvalue weighted by Gasteiger charge is -2.21. The van der Waals surface area contributed by atoms with Gasteiger partial charge in [0.2, 0.25) is 0 Å². The van der Waals surface area contributed by atoms with E-state index in [1.807, 2.05) is 12.1 Å². The smallest absolute Gasteiger partial charge is 0.263 e. The predicted molar refractivity (Wildman–Crippen MR) is 101 cm³/mol. The monoisotopic (exact) mass is 400 g/mol. The normalized spacial score (nSPS) is 20.7. The maximum Gasteiger partial charge on any atom is 0.263 e. The van der Waals surface area contributed by atoms with Crippen molar-refractivity contribution in [3.05, 3.63) is 53.1 Å². The van der Waals surface area contributed by atoms with Crippen molar-refractivity contribution in [3.63, 3.8) is 0 Å². The van der Waals surface area contributed by atoms with Gasteiger partial charge in [0.1, 0.15) is 0 Å². The number of nitrogens with zero attached hydrogens (tertiary/aromatic N) is 4. The van der Waals surface area contributed by atoms with Crippen molar-refractivity contribution in [3.8, 4) is 11.5 Å². The summed E-state index contributed by atoms with van der Waals surface area (Å²) in [7, 11) is 3.01. The summed E-state index contributed by atoms with van der Waals surface area (Å²) < 4.78 is 10.5. The van der Waals surface area contributed by atoms with Crippen LogP contribution in [0.15, 0.2) is 52.8 Å². The summed E-state index contributed by atoms with van der Waals surface area (Å²) in [5.74, 6) is 0.151. The molecule has 1 fully saturated rings. The maximum absolute atomic E-state index is 13.1. The average molecular weight is 401 g/mol. The van der Waals surface area contributed by atoms with Crippen molar-refractivity contribution in [2.75, 3.05) is 19.1 Å². The average Bonchev–Trinajstić information content (AvgIpc) is 3.23. The van der Waals surface area contributed by atoms with Gasteiger partial charge in [0, 0.05) is 11.1 Å². The van der Waals surface area contributed by atoms with Crippen LogP contribution in [0.3, 0.4) is 0 Å². The number of hydrogen-bond donors (Lipinski definition) is 0. The van der Waals surface area contributed by atoms with E-state index in [-0.39, 0.29) is 5.91 Å². The molecular formula is C19H17ClN4O4. The molecule has 0 aliphatic carbocycles. The van der Waals surface area contributed by atoms with Crippen LogP contribution in [0, 0.1) is 0 Å². The molecule has 2 unspecified atom stereocenters. The zero-order valence-corrected chi connectivity index (χ0v) is 16.0. The van der Waals surface area contributed by atoms with E-state index in [9.17, 15) is 9.59 Å². The first-order chi connectivity index (χ1) is 13.5. The van der Waals surface area contributed by atoms with Crippen molar-refractivity contribution >= 4 is 29.1 Å². The summed E-state index contributed by atoms with van der Waals surface area (Å²) in [5, 5.41) is 10.2. The number of amides is 2. The molecule has 0 spiro atoms. The predicted octanol–water partition coefficient (Wildman–Crippen LogP) is 2.85. The van der Waals surface area contributed by atoms with Crippen LogP contribution in [0.1, 0.15) is 5.56 Å². The first-order valence-electron chi connectivity index (χ1n) is 8.55. The molecule has 2 amide bonds. The summed E-state index contributed by atoms with van der Waals surface area (Å²) in [6.45, 7) is 0.348. The number of halogens is 1. The number of carbonyl (C=O) groups excluding carboxylic acids is 2. The molecule has 2 aliphatic heterocycles. The van der Waals surface area contributed by atoms with E-state index >= 15 is 0 Å². The Bertz CT molecular complexity index is 963. The second kappa shape index (κ2) is 7.12. The number of hydrogen-bond acceptors (Lipinski definition) is 7. The highest BCUT2D eigenvalue weighted by Gasteiger charge is 2.54. The van der Waals surface area contributed by atoms with Crippen molar-refractivity contribution < 1.29 is 19.1 Å². The van der Waals surface area contributed by atoms with Crippen LogP contribution >= 0.6 is 11.6 Å². The fourth-order valence-corrected chi connectivity index (χ4v) is 3.48. The summed E-state index contributed by atoms with van der Waals surface area (Å²) in [6.07, 6.45) is 0. The summed E-state index contributed by atoms with van der Waals surface area (Å²) >= 11 is 5.91. The largest absolute Gasteiger partial charge is 0.493 e. The third-order valence-electron chi connectivity index (χ3n) is 4.74. The topological polar surface area (TPSA) is 83.8 Å². The molecule has 0 N–H and O–H groups in total. The van der Waals surface area contributed by atoms with E-state index < -0.39 is 18.0 Å². The number of ether oxygens (including phenoxy) is 2. The quantitative estimate of drug-likeness (QED) is 0.720. The number of fused-ring (bicyclic) bond motifs is 1. The maximum atomic E-state index is 13.1. The van der Waals surface area contributed by atoms with Gasteiger partial charge in [-0.25, -0.2) is 4.90 Å². The third-order valence-corrected chi connectivity index (χ3v) is 4.99. The Kier molecular flexibility index (Phi) is 4.64. The van der Waals surface area contributed by atoms with Crippen molar-refractivity contribution in [2.24, 2.45) is 10.3 Å². The molecule has 9 heteroatoms. The number of anilines is 1. The molecule has 2 atom stereocenters. The van der Waals surface area contributed by atoms with E-state index in [0.717, 1.165) is 10.5 Å². The van der Waals surface area contributed by atoms with Crippen LogP contribution in [-0.2, 0) is 16.1 Å². The van der Waals surface area contributed by atoms with Crippen LogP contribution < -0.4 is 14.4 Å². The van der Waals surface area contributed by atoms with E-state index in [4.69, 9.17) is 21.1 Å². The van der Waals surface area contributed by atoms with Crippen molar-refractivity contribution in [2.45, 2.75) is 18.6 Å². The summed E-state index contributed by atoms with van der Waals surface area (Å²) in [6, 6.07) is 10.5. The minimum absolute atomic E-state index is 0.348. The Hall–Kier alpha value is -3.13. The molecule has 8 nitrogen and oxygen atoms in total. The summed E-state index contributed by atoms with van der Waals surface area (Å²) in [4.78, 5) is 27.0. The van der Waals surface area contributed by atoms with Crippen LogP contribution in [0.25, 0.3) is 0 Å². The van der Waals surface area contributed by atoms with E-state index in [0.29, 0.717) is 28.8 Å². The molecule has 2 aromatic carbocycles. The van der Waals surface area contributed by atoms with Gasteiger partial charge in [-0.2, -0.15) is 5.11 Å². The second-order valence-corrected chi connectivity index (χ2v) is 6.81. The minimum Gasteiger partial charge on any atom is -0.493 e. The first-order valence-corrected chi connectivity index (χ1v) is 8.93. The number of carbonyl (C=O) groups is 2. The second-order valence-electron chi connectivity index (χ2n) is 6.37. The fraction of sp³-hybridized carbons (Fsp3) is 0.263. The first kappa shape index (κ1) is 18.2. The molecule has 2 aromatic rings. The lowest BCUT2D eigenvalue weighted by atomic mass is 10.1. The number of benzene rings is 2. The Balaban J connectivity index is 1.60. The summed E-state index contributed by atoms with van der Waals surface area (Å²) in [5.41, 5.74) is 1.32.